The van der Waals surface area contributed by atoms with Gasteiger partial charge in [-0.1, -0.05) is 13.8 Å². The van der Waals surface area contributed by atoms with Crippen LogP contribution in [0.2, 0.25) is 0 Å². The molecule has 0 spiro atoms. The van der Waals surface area contributed by atoms with Crippen molar-refractivity contribution in [2.24, 2.45) is 10.7 Å². The zero-order valence-corrected chi connectivity index (χ0v) is 17.4. The number of anilines is 1. The van der Waals surface area contributed by atoms with Crippen molar-refractivity contribution < 1.29 is 0 Å². The Labute approximate surface area is 162 Å². The first-order valence-corrected chi connectivity index (χ1v) is 8.61. The van der Waals surface area contributed by atoms with Gasteiger partial charge in [-0.3, -0.25) is 0 Å². The molecule has 1 aliphatic heterocycles. The second-order valence-corrected chi connectivity index (χ2v) is 6.10. The van der Waals surface area contributed by atoms with E-state index in [-0.39, 0.29) is 24.0 Å². The maximum absolute atomic E-state index is 5.92. The molecule has 1 unspecified atom stereocenters. The number of nitrogens with zero attached hydrogens (tertiary/aromatic N) is 4. The molecule has 1 aromatic heterocycles. The van der Waals surface area contributed by atoms with E-state index in [1.165, 1.54) is 0 Å². The number of piperazine rings is 1. The number of halogens is 1. The molecule has 136 valence electrons. The van der Waals surface area contributed by atoms with Crippen molar-refractivity contribution in [2.45, 2.75) is 39.8 Å². The van der Waals surface area contributed by atoms with Crippen molar-refractivity contribution >= 4 is 35.8 Å². The molecule has 2 heterocycles. The first-order valence-electron chi connectivity index (χ1n) is 8.61. The number of hydrogen-bond acceptors (Lipinski definition) is 4. The Kier molecular flexibility index (Phi) is 9.35. The normalized spacial score (nSPS) is 17.3. The van der Waals surface area contributed by atoms with Crippen molar-refractivity contribution in [3.63, 3.8) is 0 Å². The molecule has 0 bridgehead atoms. The molecule has 1 aliphatic rings. The maximum atomic E-state index is 5.92. The van der Waals surface area contributed by atoms with E-state index in [0.29, 0.717) is 18.5 Å². The van der Waals surface area contributed by atoms with Gasteiger partial charge in [0.25, 0.3) is 0 Å². The van der Waals surface area contributed by atoms with Gasteiger partial charge in [0, 0.05) is 38.4 Å². The number of pyridine rings is 1. The molecule has 1 aromatic rings. The topological polar surface area (TPSA) is 69.8 Å². The van der Waals surface area contributed by atoms with E-state index in [9.17, 15) is 0 Å². The van der Waals surface area contributed by atoms with Gasteiger partial charge in [-0.2, -0.15) is 0 Å². The van der Waals surface area contributed by atoms with Crippen molar-refractivity contribution in [3.05, 3.63) is 23.9 Å². The van der Waals surface area contributed by atoms with Gasteiger partial charge in [-0.25, -0.2) is 9.98 Å². The van der Waals surface area contributed by atoms with Crippen LogP contribution >= 0.6 is 24.0 Å². The third-order valence-electron chi connectivity index (χ3n) is 4.39. The Hall–Kier alpha value is -1.09. The highest BCUT2D eigenvalue weighted by Crippen LogP contribution is 2.15. The van der Waals surface area contributed by atoms with Gasteiger partial charge in [-0.05, 0) is 37.6 Å². The number of hydrogen-bond donors (Lipinski definition) is 2. The SMILES string of the molecule is CCC(C)NC(N)=NCc1ccnc(N2CCN(CC)CC2)c1.I. The molecule has 0 aliphatic carbocycles. The molecular formula is C17H31IN6. The Bertz CT molecular complexity index is 514. The average molecular weight is 446 g/mol. The highest BCUT2D eigenvalue weighted by molar-refractivity contribution is 14.0. The number of nitrogens with one attached hydrogen (secondary N) is 1. The minimum atomic E-state index is 0. The Balaban J connectivity index is 0.00000288. The number of guanidine groups is 1. The monoisotopic (exact) mass is 446 g/mol. The fourth-order valence-corrected chi connectivity index (χ4v) is 2.60. The van der Waals surface area contributed by atoms with E-state index in [2.05, 4.69) is 51.9 Å². The number of aliphatic imine (C=N–C) groups is 1. The van der Waals surface area contributed by atoms with Crippen LogP contribution in [0.3, 0.4) is 0 Å². The Morgan fingerprint density at radius 1 is 1.33 bits per heavy atom. The average Bonchev–Trinajstić information content (AvgIpc) is 2.60. The summed E-state index contributed by atoms with van der Waals surface area (Å²) >= 11 is 0. The second-order valence-electron chi connectivity index (χ2n) is 6.10. The number of nitrogens with two attached hydrogens (primary N) is 1. The first-order chi connectivity index (χ1) is 11.1. The summed E-state index contributed by atoms with van der Waals surface area (Å²) in [6.45, 7) is 12.4. The molecule has 6 nitrogen and oxygen atoms in total. The predicted octanol–water partition coefficient (Wildman–Crippen LogP) is 2.04. The largest absolute Gasteiger partial charge is 0.370 e. The van der Waals surface area contributed by atoms with E-state index in [0.717, 1.165) is 50.5 Å². The standard InChI is InChI=1S/C17H30N6.HI/c1-4-14(3)21-17(18)20-13-15-6-7-19-16(12-15)23-10-8-22(5-2)9-11-23;/h6-7,12,14H,4-5,8-11,13H2,1-3H3,(H3,18,20,21);1H. The van der Waals surface area contributed by atoms with E-state index in [4.69, 9.17) is 5.73 Å². The molecule has 1 saturated heterocycles. The lowest BCUT2D eigenvalue weighted by Gasteiger charge is -2.34. The summed E-state index contributed by atoms with van der Waals surface area (Å²) < 4.78 is 0. The van der Waals surface area contributed by atoms with Crippen molar-refractivity contribution in [3.8, 4) is 0 Å². The third kappa shape index (κ3) is 6.43. The van der Waals surface area contributed by atoms with E-state index < -0.39 is 0 Å². The van der Waals surface area contributed by atoms with Gasteiger partial charge >= 0.3 is 0 Å². The lowest BCUT2D eigenvalue weighted by atomic mass is 10.2. The highest BCUT2D eigenvalue weighted by Gasteiger charge is 2.16. The van der Waals surface area contributed by atoms with Crippen LogP contribution in [0.25, 0.3) is 0 Å². The maximum Gasteiger partial charge on any atom is 0.189 e. The van der Waals surface area contributed by atoms with Crippen LogP contribution in [0.1, 0.15) is 32.8 Å². The van der Waals surface area contributed by atoms with Crippen LogP contribution in [-0.2, 0) is 6.54 Å². The zero-order chi connectivity index (χ0) is 16.7. The molecule has 7 heteroatoms. The third-order valence-corrected chi connectivity index (χ3v) is 4.39. The van der Waals surface area contributed by atoms with Gasteiger partial charge in [0.15, 0.2) is 5.96 Å². The van der Waals surface area contributed by atoms with Crippen LogP contribution in [0.15, 0.2) is 23.3 Å². The van der Waals surface area contributed by atoms with Crippen LogP contribution in [0.5, 0.6) is 0 Å². The van der Waals surface area contributed by atoms with E-state index >= 15 is 0 Å². The lowest BCUT2D eigenvalue weighted by molar-refractivity contribution is 0.270. The number of rotatable bonds is 6. The van der Waals surface area contributed by atoms with Crippen LogP contribution in [-0.4, -0.2) is 54.6 Å². The van der Waals surface area contributed by atoms with E-state index in [1.807, 2.05) is 12.3 Å². The molecule has 1 fully saturated rings. The summed E-state index contributed by atoms with van der Waals surface area (Å²) in [5.41, 5.74) is 7.06. The molecule has 0 radical (unpaired) electrons. The molecular weight excluding hydrogens is 415 g/mol. The predicted molar refractivity (Wildman–Crippen MR) is 112 cm³/mol. The molecule has 0 amide bonds. The summed E-state index contributed by atoms with van der Waals surface area (Å²) in [5.74, 6) is 1.55. The summed E-state index contributed by atoms with van der Waals surface area (Å²) in [5, 5.41) is 3.19. The summed E-state index contributed by atoms with van der Waals surface area (Å²) in [6.07, 6.45) is 2.89. The summed E-state index contributed by atoms with van der Waals surface area (Å²) in [4.78, 5) is 13.7. The minimum Gasteiger partial charge on any atom is -0.370 e. The Morgan fingerprint density at radius 2 is 2.04 bits per heavy atom. The van der Waals surface area contributed by atoms with Crippen molar-refractivity contribution in [1.29, 1.82) is 0 Å². The van der Waals surface area contributed by atoms with Gasteiger partial charge in [-0.15, -0.1) is 24.0 Å². The fraction of sp³-hybridized carbons (Fsp3) is 0.647. The lowest BCUT2D eigenvalue weighted by Crippen LogP contribution is -2.46. The van der Waals surface area contributed by atoms with Gasteiger partial charge in [0.2, 0.25) is 0 Å². The quantitative estimate of drug-likeness (QED) is 0.398. The molecule has 2 rings (SSSR count). The molecule has 1 atom stereocenters. The second kappa shape index (κ2) is 10.7. The molecule has 24 heavy (non-hydrogen) atoms. The van der Waals surface area contributed by atoms with Crippen LogP contribution in [0, 0.1) is 0 Å². The zero-order valence-electron chi connectivity index (χ0n) is 15.0. The van der Waals surface area contributed by atoms with Gasteiger partial charge in [0.1, 0.15) is 5.82 Å². The molecule has 0 saturated carbocycles. The number of likely N-dealkylation sites (N-methyl/N-ethyl adjacent to an activating group) is 1. The summed E-state index contributed by atoms with van der Waals surface area (Å²) in [6, 6.07) is 4.48. The van der Waals surface area contributed by atoms with Crippen molar-refractivity contribution in [2.75, 3.05) is 37.6 Å². The fourth-order valence-electron chi connectivity index (χ4n) is 2.60. The van der Waals surface area contributed by atoms with Gasteiger partial charge < -0.3 is 20.9 Å². The first kappa shape index (κ1) is 21.0. The number of aromatic nitrogens is 1. The molecule has 3 N–H and O–H groups in total. The van der Waals surface area contributed by atoms with Crippen LogP contribution < -0.4 is 16.0 Å². The molecule has 0 aromatic carbocycles. The summed E-state index contributed by atoms with van der Waals surface area (Å²) in [7, 11) is 0. The van der Waals surface area contributed by atoms with E-state index in [1.54, 1.807) is 0 Å². The van der Waals surface area contributed by atoms with Gasteiger partial charge in [0.05, 0.1) is 6.54 Å². The highest BCUT2D eigenvalue weighted by atomic mass is 127. The minimum absolute atomic E-state index is 0. The Morgan fingerprint density at radius 3 is 2.67 bits per heavy atom. The smallest absolute Gasteiger partial charge is 0.189 e. The van der Waals surface area contributed by atoms with Crippen molar-refractivity contribution in [1.82, 2.24) is 15.2 Å². The van der Waals surface area contributed by atoms with Crippen LogP contribution in [0.4, 0.5) is 5.82 Å².